The normalized spacial score (nSPS) is 12.6. The Bertz CT molecular complexity index is 951. The van der Waals surface area contributed by atoms with Crippen LogP contribution in [0.25, 0.3) is 10.2 Å². The highest BCUT2D eigenvalue weighted by Crippen LogP contribution is 2.32. The molecule has 3 rings (SSSR count). The van der Waals surface area contributed by atoms with Gasteiger partial charge in [0.2, 0.25) is 0 Å². The molecule has 120 valence electrons. The maximum absolute atomic E-state index is 12.3. The lowest BCUT2D eigenvalue weighted by molar-refractivity contribution is 0.215. The minimum absolute atomic E-state index is 0.127. The zero-order valence-corrected chi connectivity index (χ0v) is 15.9. The van der Waals surface area contributed by atoms with Gasteiger partial charge in [-0.05, 0) is 60.5 Å². The molecule has 2 aromatic heterocycles. The molecule has 23 heavy (non-hydrogen) atoms. The van der Waals surface area contributed by atoms with Crippen molar-refractivity contribution >= 4 is 49.1 Å². The predicted octanol–water partition coefficient (Wildman–Crippen LogP) is 5.16. The van der Waals surface area contributed by atoms with Crippen LogP contribution in [0.5, 0.6) is 5.75 Å². The number of hydrogen-bond donors (Lipinski definition) is 1. The van der Waals surface area contributed by atoms with Gasteiger partial charge in [-0.15, -0.1) is 11.3 Å². The Balaban J connectivity index is 1.98. The van der Waals surface area contributed by atoms with Crippen LogP contribution in [0.2, 0.25) is 5.02 Å². The number of aromatic nitrogens is 2. The second-order valence-electron chi connectivity index (χ2n) is 5.25. The lowest BCUT2D eigenvalue weighted by Crippen LogP contribution is -2.16. The molecule has 1 N–H and O–H groups in total. The molecular formula is C16H14BrClN2O2S. The zero-order chi connectivity index (χ0) is 16.7. The second-order valence-corrected chi connectivity index (χ2v) is 7.74. The Hall–Kier alpha value is -1.37. The molecule has 1 aromatic carbocycles. The number of benzene rings is 1. The van der Waals surface area contributed by atoms with Crippen LogP contribution in [-0.2, 0) is 0 Å². The van der Waals surface area contributed by atoms with E-state index in [2.05, 4.69) is 25.9 Å². The summed E-state index contributed by atoms with van der Waals surface area (Å²) in [5.74, 6) is 1.15. The molecule has 0 aliphatic rings. The van der Waals surface area contributed by atoms with Crippen LogP contribution in [0.3, 0.4) is 0 Å². The van der Waals surface area contributed by atoms with Crippen molar-refractivity contribution in [2.75, 3.05) is 0 Å². The van der Waals surface area contributed by atoms with Gasteiger partial charge in [-0.1, -0.05) is 11.6 Å². The standard InChI is InChI=1S/C16H14BrClN2O2S/c1-7-9(3)23-16-13(7)15(21)19-14(20-16)8(2)22-12-5-4-10(18)6-11(12)17/h4-6,8H,1-3H3,(H,19,20,21). The van der Waals surface area contributed by atoms with Gasteiger partial charge in [-0.2, -0.15) is 0 Å². The summed E-state index contributed by atoms with van der Waals surface area (Å²) in [7, 11) is 0. The van der Waals surface area contributed by atoms with E-state index in [1.165, 1.54) is 11.3 Å². The summed E-state index contributed by atoms with van der Waals surface area (Å²) in [4.78, 5) is 21.6. The molecule has 0 bridgehead atoms. The van der Waals surface area contributed by atoms with Crippen molar-refractivity contribution in [3.8, 4) is 5.75 Å². The van der Waals surface area contributed by atoms with E-state index in [1.54, 1.807) is 18.2 Å². The first-order chi connectivity index (χ1) is 10.9. The number of nitrogens with zero attached hydrogens (tertiary/aromatic N) is 1. The zero-order valence-electron chi connectivity index (χ0n) is 12.7. The molecule has 1 atom stereocenters. The monoisotopic (exact) mass is 412 g/mol. The number of ether oxygens (including phenoxy) is 1. The van der Waals surface area contributed by atoms with Crippen molar-refractivity contribution in [3.63, 3.8) is 0 Å². The number of thiophene rings is 1. The molecule has 0 spiro atoms. The Labute approximate surface area is 150 Å². The van der Waals surface area contributed by atoms with Gasteiger partial charge in [-0.25, -0.2) is 4.98 Å². The van der Waals surface area contributed by atoms with Gasteiger partial charge in [0.25, 0.3) is 5.56 Å². The topological polar surface area (TPSA) is 55.0 Å². The van der Waals surface area contributed by atoms with Crippen LogP contribution in [-0.4, -0.2) is 9.97 Å². The molecule has 2 heterocycles. The number of rotatable bonds is 3. The van der Waals surface area contributed by atoms with E-state index in [9.17, 15) is 4.79 Å². The summed E-state index contributed by atoms with van der Waals surface area (Å²) >= 11 is 10.9. The third-order valence-corrected chi connectivity index (χ3v) is 5.60. The molecule has 4 nitrogen and oxygen atoms in total. The number of halogens is 2. The van der Waals surface area contributed by atoms with E-state index >= 15 is 0 Å². The van der Waals surface area contributed by atoms with Gasteiger partial charge >= 0.3 is 0 Å². The van der Waals surface area contributed by atoms with E-state index in [1.807, 2.05) is 20.8 Å². The Morgan fingerprint density at radius 2 is 2.13 bits per heavy atom. The average Bonchev–Trinajstić information content (AvgIpc) is 2.77. The molecule has 3 aromatic rings. The number of hydrogen-bond acceptors (Lipinski definition) is 4. The average molecular weight is 414 g/mol. The number of aryl methyl sites for hydroxylation is 2. The van der Waals surface area contributed by atoms with Crippen molar-refractivity contribution in [1.82, 2.24) is 9.97 Å². The maximum Gasteiger partial charge on any atom is 0.260 e. The molecule has 0 aliphatic carbocycles. The minimum atomic E-state index is -0.396. The highest BCUT2D eigenvalue weighted by atomic mass is 79.9. The van der Waals surface area contributed by atoms with Crippen LogP contribution in [0.1, 0.15) is 29.3 Å². The van der Waals surface area contributed by atoms with Crippen LogP contribution < -0.4 is 10.3 Å². The van der Waals surface area contributed by atoms with Gasteiger partial charge in [0.05, 0.1) is 9.86 Å². The molecule has 0 radical (unpaired) electrons. The lowest BCUT2D eigenvalue weighted by atomic mass is 10.2. The highest BCUT2D eigenvalue weighted by Gasteiger charge is 2.17. The van der Waals surface area contributed by atoms with Crippen molar-refractivity contribution in [3.05, 3.63) is 54.3 Å². The lowest BCUT2D eigenvalue weighted by Gasteiger charge is -2.15. The summed E-state index contributed by atoms with van der Waals surface area (Å²) in [6.07, 6.45) is -0.396. The van der Waals surface area contributed by atoms with Gasteiger partial charge in [0.15, 0.2) is 11.9 Å². The highest BCUT2D eigenvalue weighted by molar-refractivity contribution is 9.10. The van der Waals surface area contributed by atoms with E-state index in [0.717, 1.165) is 19.7 Å². The smallest absolute Gasteiger partial charge is 0.260 e. The van der Waals surface area contributed by atoms with E-state index in [4.69, 9.17) is 16.3 Å². The van der Waals surface area contributed by atoms with Crippen LogP contribution in [0.4, 0.5) is 0 Å². The third kappa shape index (κ3) is 3.16. The largest absolute Gasteiger partial charge is 0.482 e. The molecule has 0 saturated heterocycles. The van der Waals surface area contributed by atoms with Crippen LogP contribution >= 0.6 is 38.9 Å². The van der Waals surface area contributed by atoms with Crippen molar-refractivity contribution in [2.24, 2.45) is 0 Å². The molecular weight excluding hydrogens is 400 g/mol. The minimum Gasteiger partial charge on any atom is -0.482 e. The van der Waals surface area contributed by atoms with Gasteiger partial charge in [0, 0.05) is 9.90 Å². The number of fused-ring (bicyclic) bond motifs is 1. The van der Waals surface area contributed by atoms with Gasteiger partial charge in [-0.3, -0.25) is 4.79 Å². The summed E-state index contributed by atoms with van der Waals surface area (Å²) in [5, 5.41) is 1.28. The summed E-state index contributed by atoms with van der Waals surface area (Å²) in [5.41, 5.74) is 0.858. The fourth-order valence-electron chi connectivity index (χ4n) is 2.28. The third-order valence-electron chi connectivity index (χ3n) is 3.64. The van der Waals surface area contributed by atoms with Crippen LogP contribution in [0, 0.1) is 13.8 Å². The molecule has 1 unspecified atom stereocenters. The van der Waals surface area contributed by atoms with Crippen molar-refractivity contribution in [2.45, 2.75) is 26.9 Å². The first kappa shape index (κ1) is 16.5. The Morgan fingerprint density at radius 1 is 1.39 bits per heavy atom. The molecule has 0 fully saturated rings. The van der Waals surface area contributed by atoms with Gasteiger partial charge in [0.1, 0.15) is 10.6 Å². The number of aromatic amines is 1. The summed E-state index contributed by atoms with van der Waals surface area (Å²) in [6.45, 7) is 5.78. The number of H-pyrrole nitrogens is 1. The first-order valence-corrected chi connectivity index (χ1v) is 8.97. The predicted molar refractivity (Wildman–Crippen MR) is 97.9 cm³/mol. The first-order valence-electron chi connectivity index (χ1n) is 6.98. The van der Waals surface area contributed by atoms with Crippen molar-refractivity contribution in [1.29, 1.82) is 0 Å². The fourth-order valence-corrected chi connectivity index (χ4v) is 4.09. The SMILES string of the molecule is Cc1sc2nc(C(C)Oc3ccc(Cl)cc3Br)[nH]c(=O)c2c1C. The molecule has 0 saturated carbocycles. The molecule has 0 amide bonds. The summed E-state index contributed by atoms with van der Waals surface area (Å²) < 4.78 is 6.65. The molecule has 0 aliphatic heterocycles. The Morgan fingerprint density at radius 3 is 2.83 bits per heavy atom. The van der Waals surface area contributed by atoms with E-state index in [0.29, 0.717) is 22.0 Å². The van der Waals surface area contributed by atoms with Gasteiger partial charge < -0.3 is 9.72 Å². The second kappa shape index (κ2) is 6.26. The van der Waals surface area contributed by atoms with E-state index in [-0.39, 0.29) is 5.56 Å². The Kier molecular flexibility index (Phi) is 4.49. The van der Waals surface area contributed by atoms with E-state index < -0.39 is 6.10 Å². The van der Waals surface area contributed by atoms with Crippen LogP contribution in [0.15, 0.2) is 27.5 Å². The number of nitrogens with one attached hydrogen (secondary N) is 1. The quantitative estimate of drug-likeness (QED) is 0.645. The maximum atomic E-state index is 12.3. The fraction of sp³-hybridized carbons (Fsp3) is 0.250. The summed E-state index contributed by atoms with van der Waals surface area (Å²) in [6, 6.07) is 5.29. The van der Waals surface area contributed by atoms with Crippen molar-refractivity contribution < 1.29 is 4.74 Å². The molecule has 7 heteroatoms.